The number of aromatic nitrogens is 3. The number of fused-ring (bicyclic) bond motifs is 1. The Morgan fingerprint density at radius 1 is 1.15 bits per heavy atom. The van der Waals surface area contributed by atoms with Crippen LogP contribution in [0.3, 0.4) is 0 Å². The Balaban J connectivity index is 1.96. The first-order chi connectivity index (χ1) is 12.5. The zero-order chi connectivity index (χ0) is 18.3. The van der Waals surface area contributed by atoms with E-state index in [2.05, 4.69) is 15.2 Å². The minimum absolute atomic E-state index is 0.139. The molecule has 0 aliphatic heterocycles. The highest BCUT2D eigenvalue weighted by molar-refractivity contribution is 6.04. The van der Waals surface area contributed by atoms with E-state index in [-0.39, 0.29) is 11.4 Å². The van der Waals surface area contributed by atoms with Gasteiger partial charge in [0.25, 0.3) is 0 Å². The molecule has 2 heterocycles. The van der Waals surface area contributed by atoms with Crippen molar-refractivity contribution in [1.82, 2.24) is 15.2 Å². The Morgan fingerprint density at radius 3 is 2.77 bits per heavy atom. The molecule has 4 rings (SSSR count). The summed E-state index contributed by atoms with van der Waals surface area (Å²) < 4.78 is 13.6. The van der Waals surface area contributed by atoms with Gasteiger partial charge in [-0.2, -0.15) is 5.10 Å². The number of carboxylic acids is 1. The molecule has 5 nitrogen and oxygen atoms in total. The molecule has 2 N–H and O–H groups in total. The number of rotatable bonds is 3. The first kappa shape index (κ1) is 16.0. The lowest BCUT2D eigenvalue weighted by molar-refractivity contribution is 0.0699. The number of carbonyl (C=O) groups is 1. The van der Waals surface area contributed by atoms with Crippen molar-refractivity contribution < 1.29 is 14.3 Å². The smallest absolute Gasteiger partial charge is 0.337 e. The number of nitrogens with one attached hydrogen (secondary N) is 1. The van der Waals surface area contributed by atoms with Gasteiger partial charge in [0.1, 0.15) is 5.82 Å². The summed E-state index contributed by atoms with van der Waals surface area (Å²) in [6.07, 6.45) is 3.25. The maximum Gasteiger partial charge on any atom is 0.337 e. The lowest BCUT2D eigenvalue weighted by Gasteiger charge is -2.11. The normalized spacial score (nSPS) is 11.0. The number of hydrogen-bond acceptors (Lipinski definition) is 3. The van der Waals surface area contributed by atoms with E-state index in [1.165, 1.54) is 6.07 Å². The van der Waals surface area contributed by atoms with Crippen molar-refractivity contribution in [3.05, 3.63) is 71.8 Å². The highest BCUT2D eigenvalue weighted by Crippen LogP contribution is 2.33. The van der Waals surface area contributed by atoms with Crippen molar-refractivity contribution in [1.29, 1.82) is 0 Å². The highest BCUT2D eigenvalue weighted by Gasteiger charge is 2.16. The van der Waals surface area contributed by atoms with Crippen LogP contribution in [0, 0.1) is 12.7 Å². The fourth-order valence-corrected chi connectivity index (χ4v) is 3.04. The maximum atomic E-state index is 13.6. The summed E-state index contributed by atoms with van der Waals surface area (Å²) >= 11 is 0. The molecule has 0 amide bonds. The Morgan fingerprint density at radius 2 is 2.00 bits per heavy atom. The molecule has 0 saturated carbocycles. The van der Waals surface area contributed by atoms with Crippen LogP contribution in [0.2, 0.25) is 0 Å². The van der Waals surface area contributed by atoms with Crippen LogP contribution >= 0.6 is 0 Å². The number of halogens is 1. The van der Waals surface area contributed by atoms with Crippen molar-refractivity contribution >= 4 is 16.9 Å². The minimum Gasteiger partial charge on any atom is -0.478 e. The molecule has 0 aliphatic carbocycles. The van der Waals surface area contributed by atoms with Crippen LogP contribution in [0.25, 0.3) is 33.3 Å². The number of aromatic carboxylic acids is 1. The fraction of sp³-hybridized carbons (Fsp3) is 0.0500. The molecule has 0 fully saturated rings. The summed E-state index contributed by atoms with van der Waals surface area (Å²) in [6, 6.07) is 11.9. The molecule has 6 heteroatoms. The fourth-order valence-electron chi connectivity index (χ4n) is 3.04. The van der Waals surface area contributed by atoms with Gasteiger partial charge in [0, 0.05) is 22.7 Å². The lowest BCUT2D eigenvalue weighted by atomic mass is 9.96. The van der Waals surface area contributed by atoms with Gasteiger partial charge in [0.05, 0.1) is 23.0 Å². The third-order valence-corrected chi connectivity index (χ3v) is 4.33. The SMILES string of the molecule is Cc1cc(-c2ncccc2-c2cc(C(=O)O)c3[nH]ncc3c2)ccc1F. The molecule has 2 aromatic heterocycles. The predicted molar refractivity (Wildman–Crippen MR) is 96.4 cm³/mol. The largest absolute Gasteiger partial charge is 0.478 e. The number of nitrogens with zero attached hydrogens (tertiary/aromatic N) is 2. The van der Waals surface area contributed by atoms with Crippen LogP contribution in [-0.4, -0.2) is 26.3 Å². The monoisotopic (exact) mass is 347 g/mol. The number of H-pyrrole nitrogens is 1. The van der Waals surface area contributed by atoms with Gasteiger partial charge in [-0.15, -0.1) is 0 Å². The van der Waals surface area contributed by atoms with Crippen LogP contribution in [-0.2, 0) is 0 Å². The van der Waals surface area contributed by atoms with Gasteiger partial charge in [-0.3, -0.25) is 10.1 Å². The highest BCUT2D eigenvalue weighted by atomic mass is 19.1. The summed E-state index contributed by atoms with van der Waals surface area (Å²) in [4.78, 5) is 16.1. The van der Waals surface area contributed by atoms with Crippen molar-refractivity contribution in [3.63, 3.8) is 0 Å². The average Bonchev–Trinajstić information content (AvgIpc) is 3.11. The molecule has 0 atom stereocenters. The van der Waals surface area contributed by atoms with Crippen molar-refractivity contribution in [2.45, 2.75) is 6.92 Å². The zero-order valence-electron chi connectivity index (χ0n) is 13.8. The molecular weight excluding hydrogens is 333 g/mol. The van der Waals surface area contributed by atoms with E-state index in [4.69, 9.17) is 0 Å². The Kier molecular flexibility index (Phi) is 3.73. The number of carboxylic acid groups (broad SMARTS) is 1. The lowest BCUT2D eigenvalue weighted by Crippen LogP contribution is -1.99. The van der Waals surface area contributed by atoms with E-state index in [0.717, 1.165) is 11.1 Å². The molecule has 4 aromatic rings. The molecule has 0 aliphatic rings. The van der Waals surface area contributed by atoms with Crippen molar-refractivity contribution in [2.24, 2.45) is 0 Å². The van der Waals surface area contributed by atoms with Crippen LogP contribution in [0.15, 0.2) is 54.9 Å². The average molecular weight is 347 g/mol. The third-order valence-electron chi connectivity index (χ3n) is 4.33. The Labute approximate surface area is 148 Å². The topological polar surface area (TPSA) is 78.9 Å². The predicted octanol–water partition coefficient (Wildman–Crippen LogP) is 4.44. The first-order valence-corrected chi connectivity index (χ1v) is 7.97. The third kappa shape index (κ3) is 2.61. The van der Waals surface area contributed by atoms with E-state index < -0.39 is 5.97 Å². The van der Waals surface area contributed by atoms with Gasteiger partial charge in [0.2, 0.25) is 0 Å². The van der Waals surface area contributed by atoms with Gasteiger partial charge in [-0.1, -0.05) is 6.07 Å². The number of hydrogen-bond donors (Lipinski definition) is 2. The van der Waals surface area contributed by atoms with E-state index in [1.807, 2.05) is 12.1 Å². The second-order valence-electron chi connectivity index (χ2n) is 6.03. The van der Waals surface area contributed by atoms with E-state index in [9.17, 15) is 14.3 Å². The molecule has 0 spiro atoms. The molecular formula is C20H14FN3O2. The second-order valence-corrected chi connectivity index (χ2v) is 6.03. The van der Waals surface area contributed by atoms with Gasteiger partial charge >= 0.3 is 5.97 Å². The summed E-state index contributed by atoms with van der Waals surface area (Å²) in [5.41, 5.74) is 4.05. The standard InChI is InChI=1S/C20H14FN3O2/c1-11-7-12(4-5-17(11)21)18-15(3-2-6-22-18)13-8-14-10-23-24-19(14)16(9-13)20(25)26/h2-10H,1H3,(H,23,24)(H,25,26). The second kappa shape index (κ2) is 6.07. The molecule has 0 radical (unpaired) electrons. The summed E-state index contributed by atoms with van der Waals surface area (Å²) in [6.45, 7) is 1.70. The molecule has 128 valence electrons. The van der Waals surface area contributed by atoms with Gasteiger partial charge in [-0.05, 0) is 54.4 Å². The molecule has 0 bridgehead atoms. The number of benzene rings is 2. The summed E-state index contributed by atoms with van der Waals surface area (Å²) in [5, 5.41) is 16.9. The Hall–Kier alpha value is -3.54. The van der Waals surface area contributed by atoms with Gasteiger partial charge in [-0.25, -0.2) is 9.18 Å². The molecule has 2 aromatic carbocycles. The van der Waals surface area contributed by atoms with Crippen molar-refractivity contribution in [3.8, 4) is 22.4 Å². The number of pyridine rings is 1. The van der Waals surface area contributed by atoms with Crippen LogP contribution in [0.1, 0.15) is 15.9 Å². The van der Waals surface area contributed by atoms with Crippen LogP contribution < -0.4 is 0 Å². The van der Waals surface area contributed by atoms with Crippen LogP contribution in [0.4, 0.5) is 4.39 Å². The zero-order valence-corrected chi connectivity index (χ0v) is 13.8. The van der Waals surface area contributed by atoms with E-state index in [1.54, 1.807) is 43.6 Å². The Bertz CT molecular complexity index is 1150. The molecule has 26 heavy (non-hydrogen) atoms. The summed E-state index contributed by atoms with van der Waals surface area (Å²) in [5.74, 6) is -1.32. The minimum atomic E-state index is -1.04. The van der Waals surface area contributed by atoms with Crippen LogP contribution in [0.5, 0.6) is 0 Å². The molecule has 0 unspecified atom stereocenters. The van der Waals surface area contributed by atoms with Gasteiger partial charge in [0.15, 0.2) is 0 Å². The van der Waals surface area contributed by atoms with Crippen molar-refractivity contribution in [2.75, 3.05) is 0 Å². The van der Waals surface area contributed by atoms with E-state index in [0.29, 0.717) is 27.7 Å². The summed E-state index contributed by atoms with van der Waals surface area (Å²) in [7, 11) is 0. The molecule has 0 saturated heterocycles. The maximum absolute atomic E-state index is 13.6. The quantitative estimate of drug-likeness (QED) is 0.574. The first-order valence-electron chi connectivity index (χ1n) is 7.97. The van der Waals surface area contributed by atoms with E-state index >= 15 is 0 Å². The van der Waals surface area contributed by atoms with Gasteiger partial charge < -0.3 is 5.11 Å². The number of aromatic amines is 1. The number of aryl methyl sites for hydroxylation is 1.